The zero-order valence-corrected chi connectivity index (χ0v) is 36.8. The molecule has 6 aromatic carbocycles. The predicted molar refractivity (Wildman–Crippen MR) is 259 cm³/mol. The summed E-state index contributed by atoms with van der Waals surface area (Å²) in [7, 11) is 0. The van der Waals surface area contributed by atoms with Gasteiger partial charge in [0.05, 0.1) is 0 Å². The molecular formula is C56H51N7. The van der Waals surface area contributed by atoms with Gasteiger partial charge in [-0.3, -0.25) is 0 Å². The Hall–Kier alpha value is -7.38. The van der Waals surface area contributed by atoms with Crippen molar-refractivity contribution in [1.82, 2.24) is 29.9 Å². The first-order valence-electron chi connectivity index (χ1n) is 21.7. The average Bonchev–Trinajstić information content (AvgIpc) is 3.31. The predicted octanol–water partition coefficient (Wildman–Crippen LogP) is 13.5. The van der Waals surface area contributed by atoms with Gasteiger partial charge < -0.3 is 5.73 Å². The van der Waals surface area contributed by atoms with Crippen LogP contribution in [0.5, 0.6) is 0 Å². The van der Waals surface area contributed by atoms with Gasteiger partial charge in [0.1, 0.15) is 0 Å². The highest BCUT2D eigenvalue weighted by Crippen LogP contribution is 2.41. The lowest BCUT2D eigenvalue weighted by molar-refractivity contribution is 0.591. The van der Waals surface area contributed by atoms with Crippen LogP contribution in [-0.2, 0) is 10.8 Å². The molecule has 8 aromatic rings. The van der Waals surface area contributed by atoms with Crippen molar-refractivity contribution in [3.8, 4) is 68.1 Å². The van der Waals surface area contributed by atoms with Crippen molar-refractivity contribution in [2.45, 2.75) is 65.2 Å². The third-order valence-corrected chi connectivity index (χ3v) is 11.5. The summed E-state index contributed by atoms with van der Waals surface area (Å²) in [6.07, 6.45) is 6.29. The summed E-state index contributed by atoms with van der Waals surface area (Å²) in [5, 5.41) is 0. The molecule has 2 N–H and O–H groups in total. The Morgan fingerprint density at radius 2 is 0.746 bits per heavy atom. The molecular weight excluding hydrogens is 771 g/mol. The molecule has 1 aliphatic rings. The van der Waals surface area contributed by atoms with Crippen LogP contribution < -0.4 is 5.73 Å². The largest absolute Gasteiger partial charge is 0.398 e. The number of rotatable bonds is 8. The highest BCUT2D eigenvalue weighted by Gasteiger charge is 2.25. The van der Waals surface area contributed by atoms with Crippen LogP contribution in [0.2, 0.25) is 0 Å². The average molecular weight is 822 g/mol. The van der Waals surface area contributed by atoms with Crippen LogP contribution in [0.15, 0.2) is 164 Å². The first-order valence-corrected chi connectivity index (χ1v) is 21.7. The summed E-state index contributed by atoms with van der Waals surface area (Å²) < 4.78 is 0. The Morgan fingerprint density at radius 1 is 0.349 bits per heavy atom. The Morgan fingerprint density at radius 3 is 1.25 bits per heavy atom. The molecule has 2 aromatic heterocycles. The molecule has 7 nitrogen and oxygen atoms in total. The van der Waals surface area contributed by atoms with E-state index in [2.05, 4.69) is 126 Å². The zero-order valence-electron chi connectivity index (χ0n) is 36.8. The molecule has 0 atom stereocenters. The second-order valence-corrected chi connectivity index (χ2v) is 18.1. The molecule has 63 heavy (non-hydrogen) atoms. The SMILES string of the molecule is CC(C)(C)c1ccccc1-c1nc(C2=CCCC=C2c2ccc(-c3ccccc3-c3nc(-c4ccccc4)nc(-c4ccccc4C(C)(C)C)n3)c(N)c2)nc(-c2ccccc2)n1. The smallest absolute Gasteiger partial charge is 0.164 e. The van der Waals surface area contributed by atoms with E-state index in [1.165, 1.54) is 11.1 Å². The summed E-state index contributed by atoms with van der Waals surface area (Å²) in [5.41, 5.74) is 19.4. The maximum atomic E-state index is 7.12. The van der Waals surface area contributed by atoms with Crippen LogP contribution in [0, 0.1) is 0 Å². The maximum absolute atomic E-state index is 7.12. The lowest BCUT2D eigenvalue weighted by Crippen LogP contribution is -2.14. The van der Waals surface area contributed by atoms with Crippen LogP contribution in [0.25, 0.3) is 79.2 Å². The number of benzene rings is 6. The van der Waals surface area contributed by atoms with Gasteiger partial charge in [0.15, 0.2) is 34.9 Å². The molecule has 1 aliphatic carbocycles. The lowest BCUT2D eigenvalue weighted by atomic mass is 9.83. The molecule has 0 saturated heterocycles. The molecule has 0 spiro atoms. The van der Waals surface area contributed by atoms with Gasteiger partial charge in [0.2, 0.25) is 0 Å². The minimum absolute atomic E-state index is 0.114. The standard InChI is InChI=1S/C56H51N7/c1-55(2,3)46-31-19-17-29-44(46)53-60-49(36-21-9-7-10-22-36)58-51(62-53)42-27-15-13-25-39(42)38-33-34-41(48(57)35-38)40-26-14-16-28-43(40)52-59-50(37-23-11-8-12-24-37)61-54(63-52)45-30-18-20-32-47(45)56(4,5)6/h7-12,14,16-35H,13,15,57H2,1-6H3. The second kappa shape index (κ2) is 16.8. The van der Waals surface area contributed by atoms with Gasteiger partial charge in [-0.15, -0.1) is 0 Å². The van der Waals surface area contributed by atoms with E-state index in [9.17, 15) is 0 Å². The van der Waals surface area contributed by atoms with Crippen molar-refractivity contribution in [1.29, 1.82) is 0 Å². The summed E-state index contributed by atoms with van der Waals surface area (Å²) in [4.78, 5) is 30.9. The first kappa shape index (κ1) is 41.0. The molecule has 0 bridgehead atoms. The van der Waals surface area contributed by atoms with Crippen molar-refractivity contribution < 1.29 is 0 Å². The fourth-order valence-corrected chi connectivity index (χ4v) is 8.38. The molecule has 9 rings (SSSR count). The fraction of sp³-hybridized carbons (Fsp3) is 0.179. The monoisotopic (exact) mass is 821 g/mol. The van der Waals surface area contributed by atoms with Crippen molar-refractivity contribution in [2.75, 3.05) is 5.73 Å². The van der Waals surface area contributed by atoms with Gasteiger partial charge in [0, 0.05) is 44.6 Å². The number of hydrogen-bond donors (Lipinski definition) is 1. The van der Waals surface area contributed by atoms with E-state index in [1.54, 1.807) is 0 Å². The summed E-state index contributed by atoms with van der Waals surface area (Å²) >= 11 is 0. The third kappa shape index (κ3) is 8.47. The molecule has 2 heterocycles. The summed E-state index contributed by atoms with van der Waals surface area (Å²) in [6.45, 7) is 13.3. The van der Waals surface area contributed by atoms with Crippen molar-refractivity contribution in [3.05, 3.63) is 186 Å². The third-order valence-electron chi connectivity index (χ3n) is 11.5. The van der Waals surface area contributed by atoms with E-state index in [-0.39, 0.29) is 10.8 Å². The van der Waals surface area contributed by atoms with Crippen molar-refractivity contribution in [3.63, 3.8) is 0 Å². The van der Waals surface area contributed by atoms with Crippen molar-refractivity contribution in [2.24, 2.45) is 0 Å². The van der Waals surface area contributed by atoms with Gasteiger partial charge in [-0.25, -0.2) is 29.9 Å². The van der Waals surface area contributed by atoms with Crippen LogP contribution >= 0.6 is 0 Å². The molecule has 0 fully saturated rings. The number of nitrogens with two attached hydrogens (primary N) is 1. The zero-order chi connectivity index (χ0) is 43.7. The Kier molecular flexibility index (Phi) is 10.9. The number of hydrogen-bond acceptors (Lipinski definition) is 7. The molecule has 0 unspecified atom stereocenters. The van der Waals surface area contributed by atoms with Gasteiger partial charge >= 0.3 is 0 Å². The summed E-state index contributed by atoms with van der Waals surface area (Å²) in [6, 6.07) is 51.6. The highest BCUT2D eigenvalue weighted by molar-refractivity contribution is 6.05. The quantitative estimate of drug-likeness (QED) is 0.152. The maximum Gasteiger partial charge on any atom is 0.164 e. The summed E-state index contributed by atoms with van der Waals surface area (Å²) in [5.74, 6) is 3.74. The van der Waals surface area contributed by atoms with Crippen LogP contribution in [0.4, 0.5) is 5.69 Å². The number of allylic oxidation sites excluding steroid dienone is 4. The molecule has 0 aliphatic heterocycles. The molecule has 0 radical (unpaired) electrons. The van der Waals surface area contributed by atoms with Crippen LogP contribution in [0.3, 0.4) is 0 Å². The van der Waals surface area contributed by atoms with E-state index in [0.717, 1.165) is 68.5 Å². The van der Waals surface area contributed by atoms with Gasteiger partial charge in [-0.2, -0.15) is 0 Å². The molecule has 0 amide bonds. The Bertz CT molecular complexity index is 3030. The number of nitrogen functional groups attached to an aromatic ring is 1. The molecule has 0 saturated carbocycles. The minimum atomic E-state index is -0.124. The first-order chi connectivity index (χ1) is 30.4. The van der Waals surface area contributed by atoms with Gasteiger partial charge in [0.25, 0.3) is 0 Å². The molecule has 7 heteroatoms. The van der Waals surface area contributed by atoms with Gasteiger partial charge in [-0.05, 0) is 57.6 Å². The Labute approximate surface area is 370 Å². The van der Waals surface area contributed by atoms with Crippen LogP contribution in [-0.4, -0.2) is 29.9 Å². The number of anilines is 1. The van der Waals surface area contributed by atoms with E-state index in [1.807, 2.05) is 78.9 Å². The Balaban J connectivity index is 1.13. The van der Waals surface area contributed by atoms with Crippen molar-refractivity contribution >= 4 is 16.8 Å². The number of aromatic nitrogens is 6. The normalized spacial score (nSPS) is 13.0. The van der Waals surface area contributed by atoms with Gasteiger partial charge in [-0.1, -0.05) is 199 Å². The lowest BCUT2D eigenvalue weighted by Gasteiger charge is -2.23. The van der Waals surface area contributed by atoms with Crippen LogP contribution in [0.1, 0.15) is 76.9 Å². The van der Waals surface area contributed by atoms with E-state index >= 15 is 0 Å². The van der Waals surface area contributed by atoms with E-state index < -0.39 is 0 Å². The topological polar surface area (TPSA) is 103 Å². The highest BCUT2D eigenvalue weighted by atomic mass is 15.0. The molecule has 310 valence electrons. The second-order valence-electron chi connectivity index (χ2n) is 18.1. The van der Waals surface area contributed by atoms with E-state index in [0.29, 0.717) is 40.6 Å². The van der Waals surface area contributed by atoms with E-state index in [4.69, 9.17) is 35.6 Å². The number of nitrogens with zero attached hydrogens (tertiary/aromatic N) is 6. The fourth-order valence-electron chi connectivity index (χ4n) is 8.38. The minimum Gasteiger partial charge on any atom is -0.398 e.